The predicted octanol–water partition coefficient (Wildman–Crippen LogP) is 7.29. The Balaban J connectivity index is -0.0000000607. The van der Waals surface area contributed by atoms with Gasteiger partial charge in [0.25, 0.3) is 0 Å². The summed E-state index contributed by atoms with van der Waals surface area (Å²) in [4.78, 5) is 4.33. The van der Waals surface area contributed by atoms with Gasteiger partial charge in [-0.1, -0.05) is 76.5 Å². The van der Waals surface area contributed by atoms with Crippen molar-refractivity contribution >= 4 is 5.57 Å². The number of hydrogen-bond acceptors (Lipinski definition) is 1. The molecule has 1 aromatic heterocycles. The molecule has 2 unspecified atom stereocenters. The second kappa shape index (κ2) is 31.9. The van der Waals surface area contributed by atoms with E-state index in [9.17, 15) is 0 Å². The summed E-state index contributed by atoms with van der Waals surface area (Å²) in [5.74, 6) is 0.670. The standard InChI is InChI=1S/C13H17N.C7H14N.C3H8.C2H2.2CH3.2H2O.Pt/c1-5-10(2)8-12(4)13-9-11(3)6-7-14-13;1-6-4-2-3-5-7(6)8;1-3-2;1-2;;;;;/h5-9H,1-4H3;6-8H,2-5H2,1H3;3H2,1-2H3;1-2H;2*1H3;2*1H2;/q;-1;;;2*-1;;;/b10-5-,12-8+;;;;;;;;. The van der Waals surface area contributed by atoms with Gasteiger partial charge >= 0.3 is 0 Å². The van der Waals surface area contributed by atoms with E-state index in [1.54, 1.807) is 0 Å². The summed E-state index contributed by atoms with van der Waals surface area (Å²) in [5.41, 5.74) is 12.3. The molecule has 0 amide bonds. The second-order valence-corrected chi connectivity index (χ2v) is 7.15. The van der Waals surface area contributed by atoms with E-state index in [-0.39, 0.29) is 52.9 Å². The SMILES string of the molecule is C#C.C/C=C(C)\C=C(/C)c1cc(C)ccn1.CC1CCCCC1[NH-].CCC.O.O.[CH3-].[CH3-].[Pt]. The third-order valence-electron chi connectivity index (χ3n) is 4.33. The normalized spacial score (nSPS) is 16.3. The van der Waals surface area contributed by atoms with E-state index in [1.165, 1.54) is 42.4 Å². The Morgan fingerprint density at radius 1 is 1.12 bits per heavy atom. The molecule has 1 aromatic rings. The van der Waals surface area contributed by atoms with Crippen LogP contribution in [0.1, 0.15) is 84.9 Å². The van der Waals surface area contributed by atoms with Gasteiger partial charge in [-0.15, -0.1) is 18.9 Å². The van der Waals surface area contributed by atoms with Gasteiger partial charge < -0.3 is 31.5 Å². The van der Waals surface area contributed by atoms with Gasteiger partial charge in [0.2, 0.25) is 0 Å². The Kier molecular flexibility index (Phi) is 48.2. The maximum atomic E-state index is 7.48. The van der Waals surface area contributed by atoms with E-state index in [0.717, 1.165) is 12.1 Å². The molecular formula is C27H51N2O2Pt-3. The van der Waals surface area contributed by atoms with Crippen LogP contribution in [0.15, 0.2) is 36.1 Å². The maximum Gasteiger partial charge on any atom is 0.0661 e. The first kappa shape index (κ1) is 48.3. The molecule has 4 nitrogen and oxygen atoms in total. The fourth-order valence-corrected chi connectivity index (χ4v) is 2.57. The molecule has 0 aliphatic heterocycles. The van der Waals surface area contributed by atoms with Crippen LogP contribution < -0.4 is 0 Å². The number of terminal acetylenes is 1. The van der Waals surface area contributed by atoms with E-state index in [2.05, 4.69) is 77.6 Å². The number of aryl methyl sites for hydroxylation is 1. The van der Waals surface area contributed by atoms with Crippen molar-refractivity contribution in [3.8, 4) is 12.8 Å². The Hall–Kier alpha value is -1.24. The number of pyridine rings is 1. The minimum Gasteiger partial charge on any atom is -0.674 e. The summed E-state index contributed by atoms with van der Waals surface area (Å²) < 4.78 is 0. The summed E-state index contributed by atoms with van der Waals surface area (Å²) >= 11 is 0. The van der Waals surface area contributed by atoms with Crippen molar-refractivity contribution in [1.29, 1.82) is 0 Å². The molecule has 194 valence electrons. The summed E-state index contributed by atoms with van der Waals surface area (Å²) in [5, 5.41) is 0. The van der Waals surface area contributed by atoms with Crippen molar-refractivity contribution in [1.82, 2.24) is 4.98 Å². The zero-order valence-corrected chi connectivity index (χ0v) is 24.3. The average molecular weight is 631 g/mol. The van der Waals surface area contributed by atoms with Crippen molar-refractivity contribution in [3.63, 3.8) is 0 Å². The van der Waals surface area contributed by atoms with Gasteiger partial charge in [-0.2, -0.15) is 0 Å². The van der Waals surface area contributed by atoms with Gasteiger partial charge in [-0.05, 0) is 51.0 Å². The van der Waals surface area contributed by atoms with Crippen LogP contribution in [0.2, 0.25) is 0 Å². The van der Waals surface area contributed by atoms with E-state index in [4.69, 9.17) is 5.73 Å². The minimum atomic E-state index is 0. The molecule has 1 aliphatic rings. The number of hydrogen-bond donors (Lipinski definition) is 0. The summed E-state index contributed by atoms with van der Waals surface area (Å²) in [6.07, 6.45) is 20.4. The first-order chi connectivity index (χ1) is 12.8. The molecule has 0 saturated heterocycles. The van der Waals surface area contributed by atoms with Gasteiger partial charge in [0.1, 0.15) is 0 Å². The van der Waals surface area contributed by atoms with Crippen LogP contribution in [-0.2, 0) is 21.1 Å². The summed E-state index contributed by atoms with van der Waals surface area (Å²) in [7, 11) is 0. The summed E-state index contributed by atoms with van der Waals surface area (Å²) in [6.45, 7) is 14.8. The Bertz CT molecular complexity index is 574. The maximum absolute atomic E-state index is 7.48. The fourth-order valence-electron chi connectivity index (χ4n) is 2.57. The van der Waals surface area contributed by atoms with E-state index in [1.807, 2.05) is 19.2 Å². The molecule has 1 fully saturated rings. The topological polar surface area (TPSA) is 99.7 Å². The van der Waals surface area contributed by atoms with Crippen molar-refractivity contribution in [2.45, 2.75) is 86.6 Å². The number of allylic oxidation sites excluding steroid dienone is 4. The molecule has 5 N–H and O–H groups in total. The molecule has 1 heterocycles. The fraction of sp³-hybridized carbons (Fsp3) is 0.519. The minimum absolute atomic E-state index is 0. The van der Waals surface area contributed by atoms with Crippen LogP contribution in [0.5, 0.6) is 0 Å². The largest absolute Gasteiger partial charge is 0.674 e. The number of nitrogens with one attached hydrogen (secondary N) is 1. The Morgan fingerprint density at radius 3 is 1.94 bits per heavy atom. The molecule has 0 radical (unpaired) electrons. The van der Waals surface area contributed by atoms with Crippen LogP contribution in [0.4, 0.5) is 0 Å². The molecule has 0 bridgehead atoms. The molecular weight excluding hydrogens is 579 g/mol. The molecule has 32 heavy (non-hydrogen) atoms. The van der Waals surface area contributed by atoms with Gasteiger partial charge in [0.15, 0.2) is 0 Å². The number of nitrogens with zero attached hydrogens (tertiary/aromatic N) is 1. The molecule has 2 rings (SSSR count). The molecule has 0 aromatic carbocycles. The smallest absolute Gasteiger partial charge is 0.0661 e. The third-order valence-corrected chi connectivity index (χ3v) is 4.33. The average Bonchev–Trinajstić information content (AvgIpc) is 2.67. The monoisotopic (exact) mass is 630 g/mol. The van der Waals surface area contributed by atoms with E-state index < -0.39 is 0 Å². The Labute approximate surface area is 215 Å². The van der Waals surface area contributed by atoms with Gasteiger partial charge in [0, 0.05) is 27.3 Å². The van der Waals surface area contributed by atoms with Gasteiger partial charge in [-0.25, -0.2) is 0 Å². The van der Waals surface area contributed by atoms with Crippen molar-refractivity contribution < 1.29 is 32.0 Å². The van der Waals surface area contributed by atoms with Gasteiger partial charge in [-0.3, -0.25) is 4.98 Å². The van der Waals surface area contributed by atoms with Crippen molar-refractivity contribution in [3.05, 3.63) is 67.9 Å². The molecule has 1 aliphatic carbocycles. The third kappa shape index (κ3) is 25.0. The van der Waals surface area contributed by atoms with Crippen LogP contribution >= 0.6 is 0 Å². The van der Waals surface area contributed by atoms with E-state index in [0.29, 0.717) is 5.92 Å². The van der Waals surface area contributed by atoms with E-state index >= 15 is 0 Å². The van der Waals surface area contributed by atoms with Crippen LogP contribution in [0.25, 0.3) is 11.3 Å². The molecule has 5 heteroatoms. The molecule has 2 atom stereocenters. The molecule has 0 spiro atoms. The zero-order chi connectivity index (χ0) is 21.2. The zero-order valence-electron chi connectivity index (χ0n) is 22.0. The molecule has 1 saturated carbocycles. The predicted molar refractivity (Wildman–Crippen MR) is 144 cm³/mol. The number of rotatable bonds is 2. The van der Waals surface area contributed by atoms with Crippen LogP contribution in [0, 0.1) is 40.5 Å². The van der Waals surface area contributed by atoms with Crippen LogP contribution in [-0.4, -0.2) is 22.0 Å². The van der Waals surface area contributed by atoms with Gasteiger partial charge in [0.05, 0.1) is 5.69 Å². The van der Waals surface area contributed by atoms with Crippen molar-refractivity contribution in [2.75, 3.05) is 0 Å². The quantitative estimate of drug-likeness (QED) is 0.191. The summed E-state index contributed by atoms with van der Waals surface area (Å²) in [6, 6.07) is 4.37. The first-order valence-electron chi connectivity index (χ1n) is 10.1. The van der Waals surface area contributed by atoms with Crippen LogP contribution in [0.3, 0.4) is 0 Å². The second-order valence-electron chi connectivity index (χ2n) is 7.15. The first-order valence-corrected chi connectivity index (χ1v) is 10.1. The number of aromatic nitrogens is 1. The van der Waals surface area contributed by atoms with Crippen molar-refractivity contribution in [2.24, 2.45) is 5.92 Å². The Morgan fingerprint density at radius 2 is 1.59 bits per heavy atom.